The summed E-state index contributed by atoms with van der Waals surface area (Å²) in [4.78, 5) is 16.4. The van der Waals surface area contributed by atoms with Gasteiger partial charge in [0.1, 0.15) is 15.7 Å². The first-order chi connectivity index (χ1) is 13.4. The molecule has 0 aliphatic carbocycles. The maximum absolute atomic E-state index is 14.2. The molecule has 0 unspecified atom stereocenters. The third-order valence-electron chi connectivity index (χ3n) is 4.25. The normalized spacial score (nSPS) is 11.9. The number of halogens is 1. The molecule has 6 nitrogen and oxygen atoms in total. The summed E-state index contributed by atoms with van der Waals surface area (Å²) in [5.74, 6) is -1.37. The number of rotatable bonds is 7. The Bertz CT molecular complexity index is 1080. The highest BCUT2D eigenvalue weighted by molar-refractivity contribution is 7.89. The van der Waals surface area contributed by atoms with E-state index < -0.39 is 26.6 Å². The van der Waals surface area contributed by atoms with Crippen molar-refractivity contribution in [2.75, 3.05) is 13.1 Å². The fraction of sp³-hybridized carbons (Fsp3) is 0.263. The van der Waals surface area contributed by atoms with Crippen LogP contribution in [-0.4, -0.2) is 36.7 Å². The molecule has 3 rings (SSSR count). The van der Waals surface area contributed by atoms with Gasteiger partial charge in [-0.05, 0) is 30.3 Å². The molecule has 0 saturated heterocycles. The first-order valence-corrected chi connectivity index (χ1v) is 11.0. The number of amides is 1. The Kier molecular flexibility index (Phi) is 6.07. The molecule has 0 spiro atoms. The Hall–Kier alpha value is -2.36. The van der Waals surface area contributed by atoms with E-state index in [1.54, 1.807) is 13.8 Å². The Labute approximate surface area is 167 Å². The summed E-state index contributed by atoms with van der Waals surface area (Å²) in [5.41, 5.74) is 0.930. The van der Waals surface area contributed by atoms with Gasteiger partial charge in [0.25, 0.3) is 5.91 Å². The van der Waals surface area contributed by atoms with Crippen molar-refractivity contribution in [2.24, 2.45) is 0 Å². The third kappa shape index (κ3) is 4.06. The van der Waals surface area contributed by atoms with E-state index in [9.17, 15) is 17.6 Å². The van der Waals surface area contributed by atoms with Crippen LogP contribution in [0, 0.1) is 5.82 Å². The number of benzene rings is 2. The molecule has 9 heteroatoms. The number of aromatic nitrogens is 1. The van der Waals surface area contributed by atoms with Crippen LogP contribution in [-0.2, 0) is 16.6 Å². The second-order valence-corrected chi connectivity index (χ2v) is 9.01. The summed E-state index contributed by atoms with van der Waals surface area (Å²) in [7, 11) is -4.00. The Morgan fingerprint density at radius 2 is 1.89 bits per heavy atom. The van der Waals surface area contributed by atoms with Crippen molar-refractivity contribution < 1.29 is 17.6 Å². The number of thiazole rings is 1. The molecule has 2 aromatic carbocycles. The summed E-state index contributed by atoms with van der Waals surface area (Å²) >= 11 is 1.47. The Morgan fingerprint density at radius 3 is 2.57 bits per heavy atom. The average molecular weight is 422 g/mol. The molecule has 1 aromatic heterocycles. The predicted molar refractivity (Wildman–Crippen MR) is 107 cm³/mol. The minimum atomic E-state index is -4.00. The molecule has 148 valence electrons. The molecule has 0 radical (unpaired) electrons. The van der Waals surface area contributed by atoms with Crippen LogP contribution in [0.5, 0.6) is 0 Å². The number of sulfonamides is 1. The summed E-state index contributed by atoms with van der Waals surface area (Å²) in [6, 6.07) is 11.0. The molecule has 1 heterocycles. The van der Waals surface area contributed by atoms with E-state index >= 15 is 0 Å². The predicted octanol–water partition coefficient (Wildman–Crippen LogP) is 3.40. The summed E-state index contributed by atoms with van der Waals surface area (Å²) in [6.45, 7) is 3.98. The third-order valence-corrected chi connectivity index (χ3v) is 7.36. The molecule has 1 N–H and O–H groups in total. The number of carbonyl (C=O) groups is 1. The van der Waals surface area contributed by atoms with Crippen molar-refractivity contribution in [3.05, 3.63) is 58.9 Å². The van der Waals surface area contributed by atoms with Crippen LogP contribution in [0.3, 0.4) is 0 Å². The number of carbonyl (C=O) groups excluding carboxylic acids is 1. The molecule has 0 bridgehead atoms. The standard InChI is InChI=1S/C19H20FN3O3S2/c1-3-23(4-2)28(25,26)17-11-13(9-10-14(17)20)19(24)21-12-18-22-15-7-5-6-8-16(15)27-18/h5-11H,3-4,12H2,1-2H3,(H,21,24). The van der Waals surface area contributed by atoms with Gasteiger partial charge < -0.3 is 5.32 Å². The maximum atomic E-state index is 14.2. The lowest BCUT2D eigenvalue weighted by Crippen LogP contribution is -2.31. The molecule has 3 aromatic rings. The van der Waals surface area contributed by atoms with E-state index in [4.69, 9.17) is 0 Å². The minimum Gasteiger partial charge on any atom is -0.346 e. The minimum absolute atomic E-state index is 0.0771. The van der Waals surface area contributed by atoms with Crippen LogP contribution in [0.1, 0.15) is 29.2 Å². The van der Waals surface area contributed by atoms with Gasteiger partial charge >= 0.3 is 0 Å². The SMILES string of the molecule is CCN(CC)S(=O)(=O)c1cc(C(=O)NCc2nc3ccccc3s2)ccc1F. The molecule has 0 saturated carbocycles. The lowest BCUT2D eigenvalue weighted by molar-refractivity contribution is 0.0950. The number of hydrogen-bond donors (Lipinski definition) is 1. The van der Waals surface area contributed by atoms with E-state index in [0.717, 1.165) is 31.7 Å². The highest BCUT2D eigenvalue weighted by Crippen LogP contribution is 2.22. The largest absolute Gasteiger partial charge is 0.346 e. The van der Waals surface area contributed by atoms with Crippen molar-refractivity contribution in [2.45, 2.75) is 25.3 Å². The highest BCUT2D eigenvalue weighted by atomic mass is 32.2. The number of nitrogens with zero attached hydrogens (tertiary/aromatic N) is 2. The molecular weight excluding hydrogens is 401 g/mol. The molecule has 28 heavy (non-hydrogen) atoms. The topological polar surface area (TPSA) is 79.4 Å². The van der Waals surface area contributed by atoms with Gasteiger partial charge in [0.05, 0.1) is 16.8 Å². The van der Waals surface area contributed by atoms with Gasteiger partial charge in [0.15, 0.2) is 0 Å². The number of hydrogen-bond acceptors (Lipinski definition) is 5. The lowest BCUT2D eigenvalue weighted by atomic mass is 10.2. The van der Waals surface area contributed by atoms with E-state index in [-0.39, 0.29) is 25.2 Å². The van der Waals surface area contributed by atoms with Gasteiger partial charge in [-0.2, -0.15) is 4.31 Å². The highest BCUT2D eigenvalue weighted by Gasteiger charge is 2.26. The monoisotopic (exact) mass is 421 g/mol. The van der Waals surface area contributed by atoms with Crippen LogP contribution in [0.15, 0.2) is 47.4 Å². The molecule has 1 amide bonds. The van der Waals surface area contributed by atoms with Crippen LogP contribution in [0.2, 0.25) is 0 Å². The Balaban J connectivity index is 1.80. The molecule has 0 atom stereocenters. The molecule has 0 aliphatic rings. The van der Waals surface area contributed by atoms with Crippen LogP contribution in [0.4, 0.5) is 4.39 Å². The smallest absolute Gasteiger partial charge is 0.251 e. The number of para-hydroxylation sites is 1. The van der Waals surface area contributed by atoms with E-state index in [1.165, 1.54) is 17.4 Å². The summed E-state index contributed by atoms with van der Waals surface area (Å²) in [5, 5.41) is 3.44. The zero-order valence-corrected chi connectivity index (χ0v) is 17.1. The van der Waals surface area contributed by atoms with Crippen LogP contribution < -0.4 is 5.32 Å². The summed E-state index contributed by atoms with van der Waals surface area (Å²) < 4.78 is 41.6. The second-order valence-electron chi connectivity index (χ2n) is 5.99. The van der Waals surface area contributed by atoms with E-state index in [2.05, 4.69) is 10.3 Å². The summed E-state index contributed by atoms with van der Waals surface area (Å²) in [6.07, 6.45) is 0. The van der Waals surface area contributed by atoms with Gasteiger partial charge in [-0.15, -0.1) is 11.3 Å². The zero-order valence-electron chi connectivity index (χ0n) is 15.5. The van der Waals surface area contributed by atoms with Crippen molar-refractivity contribution >= 4 is 37.5 Å². The Morgan fingerprint density at radius 1 is 1.18 bits per heavy atom. The van der Waals surface area contributed by atoms with Gasteiger partial charge in [0, 0.05) is 18.7 Å². The first kappa shape index (κ1) is 20.4. The molecule has 0 fully saturated rings. The van der Waals surface area contributed by atoms with Crippen LogP contribution in [0.25, 0.3) is 10.2 Å². The van der Waals surface area contributed by atoms with Crippen molar-refractivity contribution in [3.8, 4) is 0 Å². The van der Waals surface area contributed by atoms with Crippen molar-refractivity contribution in [3.63, 3.8) is 0 Å². The van der Waals surface area contributed by atoms with Crippen molar-refractivity contribution in [1.29, 1.82) is 0 Å². The van der Waals surface area contributed by atoms with E-state index in [1.807, 2.05) is 24.3 Å². The molecule has 0 aliphatic heterocycles. The lowest BCUT2D eigenvalue weighted by Gasteiger charge is -2.19. The van der Waals surface area contributed by atoms with Gasteiger partial charge in [0.2, 0.25) is 10.0 Å². The van der Waals surface area contributed by atoms with Crippen molar-refractivity contribution in [1.82, 2.24) is 14.6 Å². The van der Waals surface area contributed by atoms with Gasteiger partial charge in [-0.25, -0.2) is 17.8 Å². The average Bonchev–Trinajstić information content (AvgIpc) is 3.10. The number of fused-ring (bicyclic) bond motifs is 1. The first-order valence-electron chi connectivity index (χ1n) is 8.79. The maximum Gasteiger partial charge on any atom is 0.251 e. The second kappa shape index (κ2) is 8.34. The van der Waals surface area contributed by atoms with Gasteiger partial charge in [-0.1, -0.05) is 26.0 Å². The van der Waals surface area contributed by atoms with Gasteiger partial charge in [-0.3, -0.25) is 4.79 Å². The fourth-order valence-corrected chi connectivity index (χ4v) is 5.25. The quantitative estimate of drug-likeness (QED) is 0.634. The van der Waals surface area contributed by atoms with Crippen LogP contribution >= 0.6 is 11.3 Å². The fourth-order valence-electron chi connectivity index (χ4n) is 2.80. The molecular formula is C19H20FN3O3S2. The van der Waals surface area contributed by atoms with E-state index in [0.29, 0.717) is 0 Å². The number of nitrogens with one attached hydrogen (secondary N) is 1. The zero-order chi connectivity index (χ0) is 20.3.